The first-order chi connectivity index (χ1) is 31.1. The topological polar surface area (TPSA) is 318 Å². The molecule has 7 aliphatic rings. The fraction of sp³-hybridized carbons (Fsp3) is 0.957. The van der Waals surface area contributed by atoms with E-state index in [2.05, 4.69) is 20.8 Å². The monoisotopic (exact) mass is 949 g/mol. The van der Waals surface area contributed by atoms with Crippen molar-refractivity contribution in [3.63, 3.8) is 0 Å². The lowest BCUT2D eigenvalue weighted by atomic mass is 9.33. The number of ether oxygens (including phenoxy) is 6. The second-order valence-electron chi connectivity index (χ2n) is 22.1. The molecule has 0 radical (unpaired) electrons. The van der Waals surface area contributed by atoms with Crippen LogP contribution in [0.25, 0.3) is 0 Å². The van der Waals surface area contributed by atoms with Crippen LogP contribution >= 0.6 is 0 Å². The van der Waals surface area contributed by atoms with E-state index in [-0.39, 0.29) is 53.8 Å². The third-order valence-electron chi connectivity index (χ3n) is 18.8. The minimum atomic E-state index is -1.75. The molecule has 24 unspecified atom stereocenters. The van der Waals surface area contributed by atoms with Crippen molar-refractivity contribution in [3.05, 3.63) is 11.6 Å². The molecule has 24 atom stereocenters. The summed E-state index contributed by atoms with van der Waals surface area (Å²) in [6.07, 6.45) is -14.6. The summed E-state index contributed by atoms with van der Waals surface area (Å²) in [5, 5.41) is 139. The molecule has 0 bridgehead atoms. The summed E-state index contributed by atoms with van der Waals surface area (Å²) < 4.78 is 36.8. The highest BCUT2D eigenvalue weighted by Gasteiger charge is 2.70. The molecule has 3 aliphatic heterocycles. The summed E-state index contributed by atoms with van der Waals surface area (Å²) in [6.45, 7) is 8.76. The summed E-state index contributed by atoms with van der Waals surface area (Å²) in [6, 6.07) is 0. The molecule has 19 heteroatoms. The van der Waals surface area contributed by atoms with Gasteiger partial charge in [0.2, 0.25) is 0 Å². The first kappa shape index (κ1) is 52.8. The maximum absolute atomic E-state index is 12.3. The van der Waals surface area contributed by atoms with Crippen LogP contribution < -0.4 is 0 Å². The molecule has 13 N–H and O–H groups in total. The molecule has 3 saturated heterocycles. The molecule has 66 heavy (non-hydrogen) atoms. The van der Waals surface area contributed by atoms with E-state index in [0.717, 1.165) is 31.3 Å². The van der Waals surface area contributed by atoms with Crippen LogP contribution in [0.3, 0.4) is 0 Å². The SMILES string of the molecule is C/C(=C\CCC1(CO)CCC2(C)C(CCC3C4(C)CCC(OC5OC(CO)C(O)C(O)C5OC5OCC(O)C(O)C5O)C(C)(COC5OC(CO)C(O)C(O)C5O)C4CCC32C)C1O)CO. The molecule has 4 aliphatic carbocycles. The molecule has 0 aromatic rings. The largest absolute Gasteiger partial charge is 0.396 e. The maximum atomic E-state index is 12.3. The van der Waals surface area contributed by atoms with Gasteiger partial charge in [0.1, 0.15) is 67.1 Å². The quantitative estimate of drug-likeness (QED) is 0.0701. The lowest BCUT2D eigenvalue weighted by Gasteiger charge is -2.72. The second-order valence-corrected chi connectivity index (χ2v) is 22.1. The lowest BCUT2D eigenvalue weighted by Crippen LogP contribution is -2.69. The Labute approximate surface area is 387 Å². The van der Waals surface area contributed by atoms with Gasteiger partial charge in [-0.1, -0.05) is 39.3 Å². The van der Waals surface area contributed by atoms with Crippen molar-refractivity contribution in [2.75, 3.05) is 39.6 Å². The highest BCUT2D eigenvalue weighted by molar-refractivity contribution is 5.19. The molecule has 19 nitrogen and oxygen atoms in total. The van der Waals surface area contributed by atoms with Crippen LogP contribution in [0.4, 0.5) is 0 Å². The molecule has 0 aromatic heterocycles. The van der Waals surface area contributed by atoms with Gasteiger partial charge in [0.25, 0.3) is 0 Å². The molecular weight excluding hydrogens is 868 g/mol. The van der Waals surface area contributed by atoms with Crippen LogP contribution in [0.1, 0.15) is 98.8 Å². The summed E-state index contributed by atoms with van der Waals surface area (Å²) >= 11 is 0. The van der Waals surface area contributed by atoms with Crippen LogP contribution in [0.15, 0.2) is 11.6 Å². The lowest BCUT2D eigenvalue weighted by molar-refractivity contribution is -0.375. The standard InChI is InChI=1S/C47H80O19/c1-23(17-48)7-6-12-47(21-51)16-15-45(4)24(39(47)60)8-9-29-43(2)13-11-30(65-42-38(35(57)33(55)27(19-50)64-42)66-40-36(58)31(53)25(52)20-61-40)44(3,28(43)10-14-46(29,45)5)22-62-41-37(59)34(56)32(54)26(18-49)63-41/h7,24-42,48-60H,6,8-22H2,1-5H3/b23-7+. The van der Waals surface area contributed by atoms with Crippen LogP contribution in [-0.4, -0.2) is 204 Å². The van der Waals surface area contributed by atoms with Gasteiger partial charge in [-0.3, -0.25) is 0 Å². The molecule has 3 heterocycles. The van der Waals surface area contributed by atoms with E-state index < -0.39 is 129 Å². The van der Waals surface area contributed by atoms with Gasteiger partial charge in [0, 0.05) is 10.8 Å². The first-order valence-corrected chi connectivity index (χ1v) is 24.2. The molecule has 7 rings (SSSR count). The Morgan fingerprint density at radius 3 is 1.94 bits per heavy atom. The summed E-state index contributed by atoms with van der Waals surface area (Å²) in [4.78, 5) is 0. The number of allylic oxidation sites excluding steroid dienone is 1. The third kappa shape index (κ3) is 8.89. The van der Waals surface area contributed by atoms with Gasteiger partial charge in [-0.05, 0) is 105 Å². The van der Waals surface area contributed by atoms with E-state index in [0.29, 0.717) is 38.5 Å². The van der Waals surface area contributed by atoms with E-state index in [1.54, 1.807) is 0 Å². The predicted molar refractivity (Wildman–Crippen MR) is 230 cm³/mol. The number of fused-ring (bicyclic) bond motifs is 5. The van der Waals surface area contributed by atoms with Gasteiger partial charge in [0.15, 0.2) is 18.9 Å². The number of aliphatic hydroxyl groups excluding tert-OH is 13. The fourth-order valence-electron chi connectivity index (χ4n) is 14.4. The summed E-state index contributed by atoms with van der Waals surface area (Å²) in [5.74, 6) is -0.0855. The van der Waals surface area contributed by atoms with Crippen LogP contribution in [0.5, 0.6) is 0 Å². The minimum absolute atomic E-state index is 0.0412. The highest BCUT2D eigenvalue weighted by Crippen LogP contribution is 2.75. The Kier molecular flexibility index (Phi) is 16.2. The Balaban J connectivity index is 1.20. The zero-order chi connectivity index (χ0) is 48.3. The van der Waals surface area contributed by atoms with Gasteiger partial charge in [-0.15, -0.1) is 0 Å². The van der Waals surface area contributed by atoms with Gasteiger partial charge in [-0.2, -0.15) is 0 Å². The molecule has 0 spiro atoms. The Bertz CT molecular complexity index is 1660. The second kappa shape index (κ2) is 20.2. The molecule has 382 valence electrons. The predicted octanol–water partition coefficient (Wildman–Crippen LogP) is -1.44. The zero-order valence-corrected chi connectivity index (χ0v) is 39.1. The van der Waals surface area contributed by atoms with E-state index >= 15 is 0 Å². The van der Waals surface area contributed by atoms with Crippen LogP contribution in [0.2, 0.25) is 0 Å². The number of hydrogen-bond donors (Lipinski definition) is 13. The van der Waals surface area contributed by atoms with Gasteiger partial charge >= 0.3 is 0 Å². The smallest absolute Gasteiger partial charge is 0.187 e. The fourth-order valence-corrected chi connectivity index (χ4v) is 14.4. The van der Waals surface area contributed by atoms with Crippen molar-refractivity contribution in [1.29, 1.82) is 0 Å². The van der Waals surface area contributed by atoms with E-state index in [1.165, 1.54) is 0 Å². The van der Waals surface area contributed by atoms with Crippen LogP contribution in [0, 0.1) is 44.8 Å². The van der Waals surface area contributed by atoms with Crippen molar-refractivity contribution in [1.82, 2.24) is 0 Å². The van der Waals surface area contributed by atoms with E-state index in [9.17, 15) is 66.4 Å². The maximum Gasteiger partial charge on any atom is 0.187 e. The van der Waals surface area contributed by atoms with E-state index in [4.69, 9.17) is 28.4 Å². The Morgan fingerprint density at radius 2 is 1.29 bits per heavy atom. The molecule has 4 saturated carbocycles. The molecule has 0 aromatic carbocycles. The highest BCUT2D eigenvalue weighted by atomic mass is 16.8. The van der Waals surface area contributed by atoms with Crippen molar-refractivity contribution in [2.45, 2.75) is 197 Å². The van der Waals surface area contributed by atoms with Crippen LogP contribution in [-0.2, 0) is 28.4 Å². The molecule has 7 fully saturated rings. The Hall–Kier alpha value is -1.02. The van der Waals surface area contributed by atoms with E-state index in [1.807, 2.05) is 19.9 Å². The van der Waals surface area contributed by atoms with Gasteiger partial charge < -0.3 is 94.8 Å². The molecule has 0 amide bonds. The Morgan fingerprint density at radius 1 is 0.636 bits per heavy atom. The van der Waals surface area contributed by atoms with Crippen molar-refractivity contribution in [2.24, 2.45) is 44.8 Å². The van der Waals surface area contributed by atoms with Gasteiger partial charge in [-0.25, -0.2) is 0 Å². The first-order valence-electron chi connectivity index (χ1n) is 24.2. The minimum Gasteiger partial charge on any atom is -0.396 e. The number of rotatable bonds is 14. The average Bonchev–Trinajstić information content (AvgIpc) is 3.29. The summed E-state index contributed by atoms with van der Waals surface area (Å²) in [7, 11) is 0. The van der Waals surface area contributed by atoms with Crippen molar-refractivity contribution in [3.8, 4) is 0 Å². The van der Waals surface area contributed by atoms with Crippen molar-refractivity contribution >= 4 is 0 Å². The third-order valence-corrected chi connectivity index (χ3v) is 18.8. The molecular formula is C47H80O19. The van der Waals surface area contributed by atoms with Gasteiger partial charge in [0.05, 0.1) is 51.8 Å². The average molecular weight is 949 g/mol. The number of aliphatic hydroxyl groups is 13. The zero-order valence-electron chi connectivity index (χ0n) is 39.1. The number of hydrogen-bond acceptors (Lipinski definition) is 19. The van der Waals surface area contributed by atoms with Crippen molar-refractivity contribution < 1.29 is 94.8 Å². The summed E-state index contributed by atoms with van der Waals surface area (Å²) in [5.41, 5.74) is -1.71. The normalized spacial score (nSPS) is 53.4.